The second-order valence-corrected chi connectivity index (χ2v) is 5.82. The van der Waals surface area contributed by atoms with E-state index in [1.54, 1.807) is 0 Å². The molecule has 0 radical (unpaired) electrons. The number of carbonyl (C=O) groups excluding carboxylic acids is 2. The third kappa shape index (κ3) is 13.8. The second kappa shape index (κ2) is 14.0. The van der Waals surface area contributed by atoms with Crippen molar-refractivity contribution in [2.75, 3.05) is 49.3 Å². The first-order valence-electron chi connectivity index (χ1n) is 6.11. The molecule has 2 amide bonds. The van der Waals surface area contributed by atoms with E-state index in [-0.39, 0.29) is 25.0 Å². The van der Waals surface area contributed by atoms with E-state index in [0.29, 0.717) is 42.5 Å². The number of thioether (sulfide) groups is 2. The van der Waals surface area contributed by atoms with Crippen LogP contribution in [-0.2, 0) is 9.59 Å². The van der Waals surface area contributed by atoms with Crippen LogP contribution in [0.2, 0.25) is 0 Å². The van der Waals surface area contributed by atoms with Gasteiger partial charge in [-0.05, 0) is 6.42 Å². The number of hydrogen-bond acceptors (Lipinski definition) is 6. The predicted octanol–water partition coefficient (Wildman–Crippen LogP) is -0.940. The van der Waals surface area contributed by atoms with Crippen molar-refractivity contribution >= 4 is 35.3 Å². The van der Waals surface area contributed by atoms with E-state index in [1.165, 1.54) is 23.5 Å². The van der Waals surface area contributed by atoms with Crippen molar-refractivity contribution in [2.24, 2.45) is 0 Å². The van der Waals surface area contributed by atoms with Gasteiger partial charge in [-0.1, -0.05) is 0 Å². The zero-order chi connectivity index (χ0) is 14.3. The van der Waals surface area contributed by atoms with E-state index in [9.17, 15) is 9.59 Å². The van der Waals surface area contributed by atoms with Crippen LogP contribution in [0.15, 0.2) is 0 Å². The Bertz CT molecular complexity index is 231. The summed E-state index contributed by atoms with van der Waals surface area (Å²) in [5, 5.41) is 22.6. The smallest absolute Gasteiger partial charge is 0.229 e. The van der Waals surface area contributed by atoms with Gasteiger partial charge in [-0.2, -0.15) is 0 Å². The number of hydrogen-bond donors (Lipinski definition) is 4. The molecule has 8 heteroatoms. The summed E-state index contributed by atoms with van der Waals surface area (Å²) in [6.45, 7) is 1.22. The van der Waals surface area contributed by atoms with Gasteiger partial charge in [-0.3, -0.25) is 9.59 Å². The van der Waals surface area contributed by atoms with Crippen LogP contribution in [0, 0.1) is 0 Å². The first kappa shape index (κ1) is 18.6. The number of rotatable bonds is 12. The molecule has 0 saturated carbocycles. The summed E-state index contributed by atoms with van der Waals surface area (Å²) in [5.41, 5.74) is 0. The molecule has 0 rings (SSSR count). The van der Waals surface area contributed by atoms with Crippen LogP contribution >= 0.6 is 23.5 Å². The molecule has 0 saturated heterocycles. The average molecular weight is 310 g/mol. The zero-order valence-electron chi connectivity index (χ0n) is 10.9. The van der Waals surface area contributed by atoms with Crippen LogP contribution in [0.3, 0.4) is 0 Å². The van der Waals surface area contributed by atoms with Gasteiger partial charge in [0, 0.05) is 24.6 Å². The largest absolute Gasteiger partial charge is 0.396 e. The molecule has 0 bridgehead atoms. The molecular weight excluding hydrogens is 288 g/mol. The molecule has 0 aliphatic carbocycles. The first-order valence-corrected chi connectivity index (χ1v) is 8.42. The van der Waals surface area contributed by atoms with Gasteiger partial charge in [0.05, 0.1) is 24.7 Å². The Labute approximate surface area is 122 Å². The summed E-state index contributed by atoms with van der Waals surface area (Å²) in [4.78, 5) is 22.5. The standard InChI is InChI=1S/C11H22N2O4S2/c14-4-6-18-8-10(16)12-2-1-3-13-11(17)9-19-7-5-15/h14-15H,1-9H2,(H,12,16)(H,13,17). The third-order valence-electron chi connectivity index (χ3n) is 1.94. The van der Waals surface area contributed by atoms with Crippen molar-refractivity contribution in [3.63, 3.8) is 0 Å². The molecule has 6 nitrogen and oxygen atoms in total. The molecule has 0 aliphatic rings. The summed E-state index contributed by atoms with van der Waals surface area (Å²) in [7, 11) is 0. The maximum atomic E-state index is 11.3. The molecule has 112 valence electrons. The van der Waals surface area contributed by atoms with Crippen LogP contribution < -0.4 is 10.6 Å². The second-order valence-electron chi connectivity index (χ2n) is 3.61. The normalized spacial score (nSPS) is 10.2. The third-order valence-corrected chi connectivity index (χ3v) is 3.81. The van der Waals surface area contributed by atoms with E-state index in [2.05, 4.69) is 10.6 Å². The molecule has 0 aromatic heterocycles. The van der Waals surface area contributed by atoms with Crippen molar-refractivity contribution in [3.05, 3.63) is 0 Å². The summed E-state index contributed by atoms with van der Waals surface area (Å²) in [5.74, 6) is 1.73. The lowest BCUT2D eigenvalue weighted by atomic mass is 10.4. The molecule has 19 heavy (non-hydrogen) atoms. The summed E-state index contributed by atoms with van der Waals surface area (Å²) < 4.78 is 0. The lowest BCUT2D eigenvalue weighted by Gasteiger charge is -2.06. The molecule has 4 N–H and O–H groups in total. The van der Waals surface area contributed by atoms with Gasteiger partial charge in [-0.15, -0.1) is 23.5 Å². The highest BCUT2D eigenvalue weighted by Gasteiger charge is 2.02. The number of aliphatic hydroxyl groups is 2. The van der Waals surface area contributed by atoms with Crippen molar-refractivity contribution < 1.29 is 19.8 Å². The fourth-order valence-corrected chi connectivity index (χ4v) is 2.23. The highest BCUT2D eigenvalue weighted by molar-refractivity contribution is 8.00. The molecule has 0 unspecified atom stereocenters. The van der Waals surface area contributed by atoms with Gasteiger partial charge in [0.15, 0.2) is 0 Å². The van der Waals surface area contributed by atoms with Crippen LogP contribution in [0.25, 0.3) is 0 Å². The van der Waals surface area contributed by atoms with Crippen LogP contribution in [0.1, 0.15) is 6.42 Å². The molecule has 0 atom stereocenters. The predicted molar refractivity (Wildman–Crippen MR) is 79.5 cm³/mol. The van der Waals surface area contributed by atoms with Gasteiger partial charge in [-0.25, -0.2) is 0 Å². The Morgan fingerprint density at radius 3 is 1.63 bits per heavy atom. The Balaban J connectivity index is 3.29. The van der Waals surface area contributed by atoms with E-state index in [0.717, 1.165) is 0 Å². The van der Waals surface area contributed by atoms with Crippen LogP contribution in [0.5, 0.6) is 0 Å². The summed E-state index contributed by atoms with van der Waals surface area (Å²) in [6.07, 6.45) is 0.687. The topological polar surface area (TPSA) is 98.7 Å². The minimum absolute atomic E-state index is 0.0525. The van der Waals surface area contributed by atoms with Gasteiger partial charge in [0.2, 0.25) is 11.8 Å². The highest BCUT2D eigenvalue weighted by Crippen LogP contribution is 1.97. The molecule has 0 heterocycles. The fraction of sp³-hybridized carbons (Fsp3) is 0.818. The van der Waals surface area contributed by atoms with E-state index in [4.69, 9.17) is 10.2 Å². The zero-order valence-corrected chi connectivity index (χ0v) is 12.5. The lowest BCUT2D eigenvalue weighted by Crippen LogP contribution is -2.31. The monoisotopic (exact) mass is 310 g/mol. The van der Waals surface area contributed by atoms with Crippen LogP contribution in [-0.4, -0.2) is 71.3 Å². The Kier molecular flexibility index (Phi) is 13.7. The van der Waals surface area contributed by atoms with E-state index in [1.807, 2.05) is 0 Å². The van der Waals surface area contributed by atoms with Crippen molar-refractivity contribution in [3.8, 4) is 0 Å². The van der Waals surface area contributed by atoms with Crippen molar-refractivity contribution in [1.29, 1.82) is 0 Å². The van der Waals surface area contributed by atoms with Gasteiger partial charge < -0.3 is 20.8 Å². The minimum atomic E-state index is -0.0525. The van der Waals surface area contributed by atoms with Gasteiger partial charge in [0.25, 0.3) is 0 Å². The molecule has 0 aromatic rings. The molecule has 0 aliphatic heterocycles. The molecular formula is C11H22N2O4S2. The SMILES string of the molecule is O=C(CSCCO)NCCCNC(=O)CSCCO. The Morgan fingerprint density at radius 2 is 1.26 bits per heavy atom. The number of aliphatic hydroxyl groups excluding tert-OH is 2. The molecule has 0 spiro atoms. The quantitative estimate of drug-likeness (QED) is 0.347. The van der Waals surface area contributed by atoms with E-state index >= 15 is 0 Å². The number of nitrogens with one attached hydrogen (secondary N) is 2. The molecule has 0 aromatic carbocycles. The summed E-state index contributed by atoms with van der Waals surface area (Å²) >= 11 is 2.77. The highest BCUT2D eigenvalue weighted by atomic mass is 32.2. The average Bonchev–Trinajstić information content (AvgIpc) is 2.39. The number of carbonyl (C=O) groups is 2. The fourth-order valence-electron chi connectivity index (χ4n) is 1.10. The maximum Gasteiger partial charge on any atom is 0.229 e. The van der Waals surface area contributed by atoms with Crippen molar-refractivity contribution in [2.45, 2.75) is 6.42 Å². The Hall–Kier alpha value is -0.440. The minimum Gasteiger partial charge on any atom is -0.396 e. The molecule has 0 fully saturated rings. The van der Waals surface area contributed by atoms with Crippen molar-refractivity contribution in [1.82, 2.24) is 10.6 Å². The first-order chi connectivity index (χ1) is 9.20. The van der Waals surface area contributed by atoms with Gasteiger partial charge >= 0.3 is 0 Å². The Morgan fingerprint density at radius 1 is 0.842 bits per heavy atom. The van der Waals surface area contributed by atoms with E-state index < -0.39 is 0 Å². The van der Waals surface area contributed by atoms with Gasteiger partial charge in [0.1, 0.15) is 0 Å². The lowest BCUT2D eigenvalue weighted by molar-refractivity contribution is -0.118. The summed E-state index contributed by atoms with van der Waals surface area (Å²) in [6, 6.07) is 0. The number of amides is 2. The van der Waals surface area contributed by atoms with Crippen LogP contribution in [0.4, 0.5) is 0 Å². The maximum absolute atomic E-state index is 11.3.